The Bertz CT molecular complexity index is 287. The zero-order chi connectivity index (χ0) is 14.8. The number of hydrogen-bond donors (Lipinski definition) is 2. The number of aliphatic imine (C=N–C) groups is 1. The first-order chi connectivity index (χ1) is 9.65. The maximum Gasteiger partial charge on any atom is 0.191 e. The van der Waals surface area contributed by atoms with E-state index in [-0.39, 0.29) is 30.1 Å². The molecule has 0 radical (unpaired) electrons. The minimum atomic E-state index is 0. The van der Waals surface area contributed by atoms with E-state index < -0.39 is 0 Å². The zero-order valence-electron chi connectivity index (χ0n) is 14.0. The number of halogens is 1. The van der Waals surface area contributed by atoms with Gasteiger partial charge in [-0.2, -0.15) is 0 Å². The van der Waals surface area contributed by atoms with E-state index in [0.717, 1.165) is 58.3 Å². The summed E-state index contributed by atoms with van der Waals surface area (Å²) >= 11 is 0. The van der Waals surface area contributed by atoms with Crippen molar-refractivity contribution in [2.45, 2.75) is 40.2 Å². The Morgan fingerprint density at radius 3 is 2.71 bits per heavy atom. The highest BCUT2D eigenvalue weighted by atomic mass is 127. The van der Waals surface area contributed by atoms with Crippen LogP contribution in [0.1, 0.15) is 34.1 Å². The average Bonchev–Trinajstić information content (AvgIpc) is 2.41. The molecule has 2 N–H and O–H groups in total. The normalized spacial score (nSPS) is 20.2. The molecule has 6 heteroatoms. The average molecular weight is 412 g/mol. The van der Waals surface area contributed by atoms with Crippen molar-refractivity contribution in [3.63, 3.8) is 0 Å². The molecule has 1 heterocycles. The summed E-state index contributed by atoms with van der Waals surface area (Å²) < 4.78 is 5.82. The Labute approximate surface area is 147 Å². The number of ether oxygens (including phenoxy) is 1. The van der Waals surface area contributed by atoms with Crippen LogP contribution in [-0.4, -0.2) is 62.8 Å². The minimum absolute atomic E-state index is 0. The van der Waals surface area contributed by atoms with Crippen LogP contribution in [0.15, 0.2) is 4.99 Å². The number of nitrogens with zero attached hydrogens (tertiary/aromatic N) is 2. The highest BCUT2D eigenvalue weighted by Gasteiger charge is 2.20. The van der Waals surface area contributed by atoms with Crippen LogP contribution in [0.3, 0.4) is 0 Å². The van der Waals surface area contributed by atoms with Gasteiger partial charge in [-0.25, -0.2) is 0 Å². The van der Waals surface area contributed by atoms with E-state index in [4.69, 9.17) is 4.74 Å². The van der Waals surface area contributed by atoms with Gasteiger partial charge in [0.15, 0.2) is 5.96 Å². The van der Waals surface area contributed by atoms with Crippen molar-refractivity contribution in [2.75, 3.05) is 45.9 Å². The van der Waals surface area contributed by atoms with Crippen LogP contribution in [0.4, 0.5) is 0 Å². The molecule has 21 heavy (non-hydrogen) atoms. The van der Waals surface area contributed by atoms with E-state index in [1.165, 1.54) is 0 Å². The minimum Gasteiger partial charge on any atom is -0.374 e. The van der Waals surface area contributed by atoms with Gasteiger partial charge in [-0.1, -0.05) is 20.8 Å². The third-order valence-corrected chi connectivity index (χ3v) is 3.19. The molecule has 0 amide bonds. The predicted molar refractivity (Wildman–Crippen MR) is 101 cm³/mol. The maximum atomic E-state index is 5.82. The standard InChI is InChI=1S/C15H32N4O.HI/c1-5-7-17-15(16-6-2)18-10-14-12-19(8-9-20-14)11-13(3)4;/h13-14H,5-12H2,1-4H3,(H2,16,17,18);1H. The molecule has 1 unspecified atom stereocenters. The van der Waals surface area contributed by atoms with Crippen molar-refractivity contribution in [3.05, 3.63) is 0 Å². The Morgan fingerprint density at radius 2 is 2.10 bits per heavy atom. The number of hydrogen-bond acceptors (Lipinski definition) is 3. The van der Waals surface area contributed by atoms with Crippen molar-refractivity contribution < 1.29 is 4.74 Å². The quantitative estimate of drug-likeness (QED) is 0.381. The molecule has 0 bridgehead atoms. The summed E-state index contributed by atoms with van der Waals surface area (Å²) in [7, 11) is 0. The first-order valence-corrected chi connectivity index (χ1v) is 8.01. The first kappa shape index (κ1) is 20.9. The van der Waals surface area contributed by atoms with E-state index in [0.29, 0.717) is 5.92 Å². The molecule has 0 spiro atoms. The lowest BCUT2D eigenvalue weighted by molar-refractivity contribution is -0.0261. The second-order valence-corrected chi connectivity index (χ2v) is 5.79. The second kappa shape index (κ2) is 12.5. The molecule has 1 aliphatic rings. The molecule has 0 aromatic carbocycles. The van der Waals surface area contributed by atoms with Crippen LogP contribution in [0.2, 0.25) is 0 Å². The Balaban J connectivity index is 0.00000400. The van der Waals surface area contributed by atoms with Gasteiger partial charge < -0.3 is 15.4 Å². The lowest BCUT2D eigenvalue weighted by Gasteiger charge is -2.33. The Morgan fingerprint density at radius 1 is 1.33 bits per heavy atom. The summed E-state index contributed by atoms with van der Waals surface area (Å²) in [6, 6.07) is 0. The van der Waals surface area contributed by atoms with Gasteiger partial charge in [0.05, 0.1) is 19.3 Å². The van der Waals surface area contributed by atoms with Crippen LogP contribution >= 0.6 is 24.0 Å². The summed E-state index contributed by atoms with van der Waals surface area (Å²) in [5.74, 6) is 1.61. The summed E-state index contributed by atoms with van der Waals surface area (Å²) in [5.41, 5.74) is 0. The molecule has 1 fully saturated rings. The molecule has 1 rings (SSSR count). The van der Waals surface area contributed by atoms with E-state index in [2.05, 4.69) is 48.2 Å². The van der Waals surface area contributed by atoms with E-state index in [1.807, 2.05) is 0 Å². The van der Waals surface area contributed by atoms with Crippen molar-refractivity contribution in [2.24, 2.45) is 10.9 Å². The molecule has 5 nitrogen and oxygen atoms in total. The Kier molecular flexibility index (Phi) is 12.4. The molecule has 1 saturated heterocycles. The van der Waals surface area contributed by atoms with Crippen LogP contribution in [0.5, 0.6) is 0 Å². The van der Waals surface area contributed by atoms with Gasteiger partial charge >= 0.3 is 0 Å². The van der Waals surface area contributed by atoms with Gasteiger partial charge in [0.25, 0.3) is 0 Å². The number of guanidine groups is 1. The molecule has 1 aliphatic heterocycles. The number of rotatable bonds is 7. The largest absolute Gasteiger partial charge is 0.374 e. The van der Waals surface area contributed by atoms with Gasteiger partial charge in [-0.05, 0) is 19.3 Å². The van der Waals surface area contributed by atoms with Gasteiger partial charge in [0.2, 0.25) is 0 Å². The third kappa shape index (κ3) is 9.52. The summed E-state index contributed by atoms with van der Waals surface area (Å²) in [6.07, 6.45) is 1.33. The third-order valence-electron chi connectivity index (χ3n) is 3.19. The molecule has 126 valence electrons. The highest BCUT2D eigenvalue weighted by Crippen LogP contribution is 2.08. The van der Waals surface area contributed by atoms with Gasteiger partial charge in [-0.15, -0.1) is 24.0 Å². The molecule has 0 aliphatic carbocycles. The molecule has 1 atom stereocenters. The molecule has 0 saturated carbocycles. The Hall–Kier alpha value is -0.0800. The predicted octanol–water partition coefficient (Wildman–Crippen LogP) is 1.93. The van der Waals surface area contributed by atoms with Crippen LogP contribution in [0, 0.1) is 5.92 Å². The van der Waals surface area contributed by atoms with Crippen molar-refractivity contribution >= 4 is 29.9 Å². The molecule has 0 aromatic heterocycles. The molecular formula is C15H33IN4O. The van der Waals surface area contributed by atoms with Crippen molar-refractivity contribution in [1.82, 2.24) is 15.5 Å². The van der Waals surface area contributed by atoms with E-state index >= 15 is 0 Å². The van der Waals surface area contributed by atoms with Gasteiger partial charge in [-0.3, -0.25) is 9.89 Å². The monoisotopic (exact) mass is 412 g/mol. The van der Waals surface area contributed by atoms with E-state index in [9.17, 15) is 0 Å². The number of nitrogens with one attached hydrogen (secondary N) is 2. The fourth-order valence-electron chi connectivity index (χ4n) is 2.35. The lowest BCUT2D eigenvalue weighted by Crippen LogP contribution is -2.46. The van der Waals surface area contributed by atoms with Crippen molar-refractivity contribution in [3.8, 4) is 0 Å². The first-order valence-electron chi connectivity index (χ1n) is 8.01. The molecule has 0 aromatic rings. The fraction of sp³-hybridized carbons (Fsp3) is 0.933. The highest BCUT2D eigenvalue weighted by molar-refractivity contribution is 14.0. The van der Waals surface area contributed by atoms with Gasteiger partial charge in [0.1, 0.15) is 0 Å². The second-order valence-electron chi connectivity index (χ2n) is 5.79. The SMILES string of the molecule is CCCNC(=NCC1CN(CC(C)C)CCO1)NCC.I. The lowest BCUT2D eigenvalue weighted by atomic mass is 10.2. The zero-order valence-corrected chi connectivity index (χ0v) is 16.4. The molecular weight excluding hydrogens is 379 g/mol. The van der Waals surface area contributed by atoms with Crippen LogP contribution in [-0.2, 0) is 4.74 Å². The fourth-order valence-corrected chi connectivity index (χ4v) is 2.35. The maximum absolute atomic E-state index is 5.82. The van der Waals surface area contributed by atoms with Crippen LogP contribution < -0.4 is 10.6 Å². The van der Waals surface area contributed by atoms with Crippen LogP contribution in [0.25, 0.3) is 0 Å². The summed E-state index contributed by atoms with van der Waals surface area (Å²) in [4.78, 5) is 7.12. The topological polar surface area (TPSA) is 48.9 Å². The van der Waals surface area contributed by atoms with Gasteiger partial charge in [0, 0.05) is 32.7 Å². The van der Waals surface area contributed by atoms with Crippen molar-refractivity contribution in [1.29, 1.82) is 0 Å². The smallest absolute Gasteiger partial charge is 0.191 e. The summed E-state index contributed by atoms with van der Waals surface area (Å²) in [5, 5.41) is 6.59. The van der Waals surface area contributed by atoms with E-state index in [1.54, 1.807) is 0 Å². The summed E-state index contributed by atoms with van der Waals surface area (Å²) in [6.45, 7) is 15.4. The number of morpholine rings is 1.